The molecule has 0 aliphatic carbocycles. The van der Waals surface area contributed by atoms with Gasteiger partial charge in [0.05, 0.1) is 18.1 Å². The van der Waals surface area contributed by atoms with Gasteiger partial charge in [-0.2, -0.15) is 0 Å². The normalized spacial score (nSPS) is 12.2. The van der Waals surface area contributed by atoms with Crippen LogP contribution in [0.4, 0.5) is 5.69 Å². The van der Waals surface area contributed by atoms with Gasteiger partial charge in [-0.3, -0.25) is 10.1 Å². The summed E-state index contributed by atoms with van der Waals surface area (Å²) in [6, 6.07) is 6.59. The molecule has 1 atom stereocenters. The molecule has 1 rings (SSSR count). The lowest BCUT2D eigenvalue weighted by molar-refractivity contribution is -0.384. The van der Waals surface area contributed by atoms with E-state index in [1.807, 2.05) is 6.92 Å². The Morgan fingerprint density at radius 2 is 2.04 bits per heavy atom. The number of halogens is 1. The molecule has 0 aliphatic rings. The summed E-state index contributed by atoms with van der Waals surface area (Å²) in [5, 5.41) is 17.2. The summed E-state index contributed by atoms with van der Waals surface area (Å²) in [5.41, 5.74) is 1.01. The number of hydrogen-bond donors (Lipinski definition) is 2. The van der Waals surface area contributed by atoms with Crippen molar-refractivity contribution in [2.75, 3.05) is 20.3 Å². The molecule has 0 saturated heterocycles. The minimum absolute atomic E-state index is 0. The predicted octanol–water partition coefficient (Wildman–Crippen LogP) is 3.08. The van der Waals surface area contributed by atoms with Gasteiger partial charge in [0.1, 0.15) is 0 Å². The van der Waals surface area contributed by atoms with Gasteiger partial charge in [-0.05, 0) is 18.9 Å². The zero-order valence-electron chi connectivity index (χ0n) is 14.4. The molecule has 1 unspecified atom stereocenters. The number of ether oxygens (including phenoxy) is 1. The van der Waals surface area contributed by atoms with Crippen LogP contribution in [0.25, 0.3) is 0 Å². The Bertz CT molecular complexity index is 509. The number of non-ortho nitro benzene ring substituents is 1. The average molecular weight is 450 g/mol. The number of nitro groups is 1. The molecule has 0 aromatic heterocycles. The van der Waals surface area contributed by atoms with Crippen molar-refractivity contribution in [1.82, 2.24) is 10.6 Å². The quantitative estimate of drug-likeness (QED) is 0.151. The van der Waals surface area contributed by atoms with Gasteiger partial charge in [0.15, 0.2) is 5.96 Å². The zero-order valence-corrected chi connectivity index (χ0v) is 16.8. The molecule has 0 heterocycles. The van der Waals surface area contributed by atoms with E-state index in [4.69, 9.17) is 4.74 Å². The fraction of sp³-hybridized carbons (Fsp3) is 0.562. The number of nitrogens with one attached hydrogen (secondary N) is 2. The molecular formula is C16H27IN4O3. The van der Waals surface area contributed by atoms with Crippen molar-refractivity contribution < 1.29 is 9.66 Å². The van der Waals surface area contributed by atoms with Gasteiger partial charge in [-0.1, -0.05) is 25.5 Å². The summed E-state index contributed by atoms with van der Waals surface area (Å²) in [6.45, 7) is 6.05. The number of guanidine groups is 1. The third-order valence-electron chi connectivity index (χ3n) is 3.19. The van der Waals surface area contributed by atoms with Crippen molar-refractivity contribution in [1.29, 1.82) is 0 Å². The number of hydrogen-bond acceptors (Lipinski definition) is 4. The Morgan fingerprint density at radius 1 is 1.38 bits per heavy atom. The molecule has 1 aromatic carbocycles. The van der Waals surface area contributed by atoms with Crippen LogP contribution in [0, 0.1) is 10.1 Å². The molecule has 2 N–H and O–H groups in total. The molecule has 0 amide bonds. The Balaban J connectivity index is 0.00000529. The van der Waals surface area contributed by atoms with Crippen LogP contribution in [0.15, 0.2) is 29.3 Å². The Kier molecular flexibility index (Phi) is 12.2. The van der Waals surface area contributed by atoms with Gasteiger partial charge in [0, 0.05) is 31.8 Å². The Hall–Kier alpha value is -1.42. The summed E-state index contributed by atoms with van der Waals surface area (Å²) in [5.74, 6) is 0.723. The number of nitrogens with zero attached hydrogens (tertiary/aromatic N) is 2. The number of rotatable bonds is 9. The smallest absolute Gasteiger partial charge is 0.269 e. The maximum Gasteiger partial charge on any atom is 0.269 e. The SMILES string of the molecule is CCCCNC(=NCc1ccc([N+](=O)[O-])cc1)NC(C)COC.I. The molecule has 0 bridgehead atoms. The van der Waals surface area contributed by atoms with Gasteiger partial charge in [0.2, 0.25) is 0 Å². The van der Waals surface area contributed by atoms with Gasteiger partial charge < -0.3 is 15.4 Å². The molecule has 0 aliphatic heterocycles. The van der Waals surface area contributed by atoms with E-state index in [-0.39, 0.29) is 35.7 Å². The third kappa shape index (κ3) is 9.02. The average Bonchev–Trinajstić information content (AvgIpc) is 2.53. The summed E-state index contributed by atoms with van der Waals surface area (Å²) < 4.78 is 5.12. The third-order valence-corrected chi connectivity index (χ3v) is 3.19. The molecule has 8 heteroatoms. The van der Waals surface area contributed by atoms with Crippen LogP contribution < -0.4 is 10.6 Å². The number of unbranched alkanes of at least 4 members (excludes halogenated alkanes) is 1. The Morgan fingerprint density at radius 3 is 2.58 bits per heavy atom. The number of methoxy groups -OCH3 is 1. The first-order chi connectivity index (χ1) is 11.1. The van der Waals surface area contributed by atoms with Crippen LogP contribution in [-0.2, 0) is 11.3 Å². The maximum absolute atomic E-state index is 10.7. The topological polar surface area (TPSA) is 88.8 Å². The second kappa shape index (κ2) is 12.9. The van der Waals surface area contributed by atoms with Crippen molar-refractivity contribution in [3.8, 4) is 0 Å². The summed E-state index contributed by atoms with van der Waals surface area (Å²) in [7, 11) is 1.66. The number of aliphatic imine (C=N–C) groups is 1. The fourth-order valence-electron chi connectivity index (χ4n) is 1.95. The van der Waals surface area contributed by atoms with E-state index in [0.29, 0.717) is 13.2 Å². The van der Waals surface area contributed by atoms with Crippen LogP contribution in [0.3, 0.4) is 0 Å². The number of nitro benzene ring substituents is 1. The van der Waals surface area contributed by atoms with E-state index in [1.54, 1.807) is 19.2 Å². The monoisotopic (exact) mass is 450 g/mol. The van der Waals surface area contributed by atoms with Crippen molar-refractivity contribution in [2.45, 2.75) is 39.3 Å². The molecule has 0 fully saturated rings. The summed E-state index contributed by atoms with van der Waals surface area (Å²) in [4.78, 5) is 14.8. The van der Waals surface area contributed by atoms with Gasteiger partial charge in [-0.15, -0.1) is 24.0 Å². The molecule has 0 radical (unpaired) electrons. The first kappa shape index (κ1) is 22.6. The molecule has 136 valence electrons. The predicted molar refractivity (Wildman–Crippen MR) is 107 cm³/mol. The largest absolute Gasteiger partial charge is 0.383 e. The second-order valence-electron chi connectivity index (χ2n) is 5.37. The lowest BCUT2D eigenvalue weighted by Crippen LogP contribution is -2.44. The minimum atomic E-state index is -0.404. The molecule has 0 saturated carbocycles. The second-order valence-corrected chi connectivity index (χ2v) is 5.37. The van der Waals surface area contributed by atoms with Gasteiger partial charge in [-0.25, -0.2) is 4.99 Å². The van der Waals surface area contributed by atoms with E-state index in [9.17, 15) is 10.1 Å². The Labute approximate surface area is 160 Å². The highest BCUT2D eigenvalue weighted by molar-refractivity contribution is 14.0. The minimum Gasteiger partial charge on any atom is -0.383 e. The fourth-order valence-corrected chi connectivity index (χ4v) is 1.95. The highest BCUT2D eigenvalue weighted by Gasteiger charge is 2.06. The van der Waals surface area contributed by atoms with Crippen LogP contribution in [0.1, 0.15) is 32.3 Å². The lowest BCUT2D eigenvalue weighted by atomic mass is 10.2. The van der Waals surface area contributed by atoms with Crippen molar-refractivity contribution >= 4 is 35.6 Å². The summed E-state index contributed by atoms with van der Waals surface area (Å²) >= 11 is 0. The van der Waals surface area contributed by atoms with Crippen LogP contribution in [-0.4, -0.2) is 37.2 Å². The van der Waals surface area contributed by atoms with Crippen molar-refractivity contribution in [2.24, 2.45) is 4.99 Å². The van der Waals surface area contributed by atoms with Crippen molar-refractivity contribution in [3.63, 3.8) is 0 Å². The van der Waals surface area contributed by atoms with E-state index >= 15 is 0 Å². The van der Waals surface area contributed by atoms with E-state index in [0.717, 1.165) is 30.9 Å². The lowest BCUT2D eigenvalue weighted by Gasteiger charge is -2.17. The molecule has 7 nitrogen and oxygen atoms in total. The molecular weight excluding hydrogens is 423 g/mol. The van der Waals surface area contributed by atoms with Gasteiger partial charge in [0.25, 0.3) is 5.69 Å². The number of benzene rings is 1. The first-order valence-corrected chi connectivity index (χ1v) is 7.84. The zero-order chi connectivity index (χ0) is 17.1. The standard InChI is InChI=1S/C16H26N4O3.HI/c1-4-5-10-17-16(19-13(2)12-23-3)18-11-14-6-8-15(9-7-14)20(21)22;/h6-9,13H,4-5,10-12H2,1-3H3,(H2,17,18,19);1H. The van der Waals surface area contributed by atoms with Crippen LogP contribution in [0.5, 0.6) is 0 Å². The van der Waals surface area contributed by atoms with Crippen LogP contribution in [0.2, 0.25) is 0 Å². The maximum atomic E-state index is 10.7. The van der Waals surface area contributed by atoms with E-state index < -0.39 is 4.92 Å². The molecule has 0 spiro atoms. The van der Waals surface area contributed by atoms with Crippen LogP contribution >= 0.6 is 24.0 Å². The van der Waals surface area contributed by atoms with Crippen molar-refractivity contribution in [3.05, 3.63) is 39.9 Å². The molecule has 1 aromatic rings. The highest BCUT2D eigenvalue weighted by Crippen LogP contribution is 2.12. The van der Waals surface area contributed by atoms with E-state index in [1.165, 1.54) is 12.1 Å². The first-order valence-electron chi connectivity index (χ1n) is 7.84. The van der Waals surface area contributed by atoms with Gasteiger partial charge >= 0.3 is 0 Å². The summed E-state index contributed by atoms with van der Waals surface area (Å²) in [6.07, 6.45) is 2.17. The highest BCUT2D eigenvalue weighted by atomic mass is 127. The van der Waals surface area contributed by atoms with E-state index in [2.05, 4.69) is 22.5 Å². The molecule has 24 heavy (non-hydrogen) atoms.